The number of benzene rings is 1. The lowest BCUT2D eigenvalue weighted by molar-refractivity contribution is 0.102. The number of hydrogen-bond acceptors (Lipinski definition) is 3. The van der Waals surface area contributed by atoms with Crippen molar-refractivity contribution in [1.29, 1.82) is 0 Å². The van der Waals surface area contributed by atoms with Crippen molar-refractivity contribution in [1.82, 2.24) is 14.5 Å². The molecule has 1 amide bonds. The number of nitrogens with one attached hydrogen (secondary N) is 2. The van der Waals surface area contributed by atoms with Gasteiger partial charge in [0.15, 0.2) is 0 Å². The summed E-state index contributed by atoms with van der Waals surface area (Å²) >= 11 is 3.31. The molecule has 23 heavy (non-hydrogen) atoms. The molecule has 0 aliphatic heterocycles. The van der Waals surface area contributed by atoms with E-state index in [1.54, 1.807) is 24.8 Å². The minimum Gasteiger partial charge on any atom is -0.490 e. The van der Waals surface area contributed by atoms with Crippen LogP contribution < -0.4 is 10.1 Å². The van der Waals surface area contributed by atoms with Crippen molar-refractivity contribution in [2.75, 3.05) is 11.9 Å². The first-order valence-electron chi connectivity index (χ1n) is 7.05. The zero-order chi connectivity index (χ0) is 16.1. The van der Waals surface area contributed by atoms with Crippen LogP contribution in [0.4, 0.5) is 5.69 Å². The van der Waals surface area contributed by atoms with E-state index in [0.717, 1.165) is 4.47 Å². The van der Waals surface area contributed by atoms with Gasteiger partial charge >= 0.3 is 0 Å². The van der Waals surface area contributed by atoms with Crippen LogP contribution >= 0.6 is 15.9 Å². The summed E-state index contributed by atoms with van der Waals surface area (Å²) in [6.45, 7) is 1.17. The van der Waals surface area contributed by atoms with Crippen LogP contribution in [0, 0.1) is 0 Å². The Balaban J connectivity index is 1.64. The molecule has 0 saturated carbocycles. The number of aromatic nitrogens is 3. The lowest BCUT2D eigenvalue weighted by atomic mass is 10.3. The van der Waals surface area contributed by atoms with Crippen LogP contribution in [0.2, 0.25) is 0 Å². The number of H-pyrrole nitrogens is 1. The molecule has 0 unspecified atom stereocenters. The first-order chi connectivity index (χ1) is 11.2. The zero-order valence-electron chi connectivity index (χ0n) is 12.2. The highest BCUT2D eigenvalue weighted by Crippen LogP contribution is 2.24. The van der Waals surface area contributed by atoms with Crippen LogP contribution in [0.5, 0.6) is 5.75 Å². The van der Waals surface area contributed by atoms with E-state index in [0.29, 0.717) is 30.3 Å². The van der Waals surface area contributed by atoms with Gasteiger partial charge in [-0.15, -0.1) is 0 Å². The average molecular weight is 375 g/mol. The van der Waals surface area contributed by atoms with Crippen molar-refractivity contribution in [3.63, 3.8) is 0 Å². The number of halogens is 1. The minimum atomic E-state index is -0.221. The van der Waals surface area contributed by atoms with Gasteiger partial charge in [0, 0.05) is 23.1 Å². The third-order valence-electron chi connectivity index (χ3n) is 3.19. The van der Waals surface area contributed by atoms with Crippen LogP contribution in [-0.2, 0) is 6.54 Å². The van der Waals surface area contributed by atoms with Gasteiger partial charge in [0.05, 0.1) is 18.6 Å². The first-order valence-corrected chi connectivity index (χ1v) is 7.84. The number of nitrogens with zero attached hydrogens (tertiary/aromatic N) is 2. The van der Waals surface area contributed by atoms with Crippen molar-refractivity contribution >= 4 is 27.5 Å². The Morgan fingerprint density at radius 3 is 3.00 bits per heavy atom. The van der Waals surface area contributed by atoms with Crippen molar-refractivity contribution in [3.8, 4) is 5.75 Å². The van der Waals surface area contributed by atoms with Crippen molar-refractivity contribution in [3.05, 3.63) is 65.4 Å². The Morgan fingerprint density at radius 1 is 1.39 bits per heavy atom. The normalized spacial score (nSPS) is 10.5. The van der Waals surface area contributed by atoms with E-state index in [-0.39, 0.29) is 5.91 Å². The number of aromatic amines is 1. The van der Waals surface area contributed by atoms with E-state index in [1.807, 2.05) is 35.0 Å². The van der Waals surface area contributed by atoms with Gasteiger partial charge in [-0.2, -0.15) is 0 Å². The number of rotatable bonds is 6. The molecule has 2 heterocycles. The molecule has 118 valence electrons. The van der Waals surface area contributed by atoms with Crippen LogP contribution in [0.3, 0.4) is 0 Å². The maximum Gasteiger partial charge on any atom is 0.272 e. The van der Waals surface area contributed by atoms with E-state index < -0.39 is 0 Å². The number of ether oxygens (including phenoxy) is 1. The molecule has 2 N–H and O–H groups in total. The second-order valence-corrected chi connectivity index (χ2v) is 5.75. The highest BCUT2D eigenvalue weighted by molar-refractivity contribution is 9.10. The van der Waals surface area contributed by atoms with Crippen LogP contribution in [-0.4, -0.2) is 27.0 Å². The monoisotopic (exact) mass is 374 g/mol. The lowest BCUT2D eigenvalue weighted by Crippen LogP contribution is -2.14. The Morgan fingerprint density at radius 2 is 2.26 bits per heavy atom. The number of hydrogen-bond donors (Lipinski definition) is 2. The first kappa shape index (κ1) is 15.4. The zero-order valence-corrected chi connectivity index (χ0v) is 13.8. The maximum absolute atomic E-state index is 12.2. The Kier molecular flexibility index (Phi) is 4.77. The minimum absolute atomic E-state index is 0.221. The Labute approximate surface area is 141 Å². The van der Waals surface area contributed by atoms with Crippen molar-refractivity contribution in [2.24, 2.45) is 0 Å². The SMILES string of the molecule is O=C(Nc1ccccc1OCCn1ccnc1)c1cc(Br)c[nH]1. The van der Waals surface area contributed by atoms with Crippen molar-refractivity contribution < 1.29 is 9.53 Å². The molecule has 0 bridgehead atoms. The highest BCUT2D eigenvalue weighted by Gasteiger charge is 2.11. The number of anilines is 1. The molecule has 0 radical (unpaired) electrons. The van der Waals surface area contributed by atoms with E-state index in [1.165, 1.54) is 0 Å². The molecule has 3 aromatic rings. The van der Waals surface area contributed by atoms with E-state index in [4.69, 9.17) is 4.74 Å². The number of carbonyl (C=O) groups excluding carboxylic acids is 1. The van der Waals surface area contributed by atoms with Gasteiger partial charge in [0.25, 0.3) is 5.91 Å². The summed E-state index contributed by atoms with van der Waals surface area (Å²) in [4.78, 5) is 19.1. The summed E-state index contributed by atoms with van der Waals surface area (Å²) in [7, 11) is 0. The fraction of sp³-hybridized carbons (Fsp3) is 0.125. The molecule has 0 fully saturated rings. The topological polar surface area (TPSA) is 71.9 Å². The maximum atomic E-state index is 12.2. The molecular weight excluding hydrogens is 360 g/mol. The highest BCUT2D eigenvalue weighted by atomic mass is 79.9. The van der Waals surface area contributed by atoms with E-state index in [9.17, 15) is 4.79 Å². The van der Waals surface area contributed by atoms with Gasteiger partial charge in [-0.05, 0) is 34.1 Å². The Hall–Kier alpha value is -2.54. The average Bonchev–Trinajstić information content (AvgIpc) is 3.20. The molecule has 0 aliphatic carbocycles. The lowest BCUT2D eigenvalue weighted by Gasteiger charge is -2.12. The van der Waals surface area contributed by atoms with Crippen molar-refractivity contribution in [2.45, 2.75) is 6.54 Å². The summed E-state index contributed by atoms with van der Waals surface area (Å²) in [5.74, 6) is 0.410. The van der Waals surface area contributed by atoms with Gasteiger partial charge in [-0.3, -0.25) is 4.79 Å². The van der Waals surface area contributed by atoms with Gasteiger partial charge in [-0.1, -0.05) is 12.1 Å². The summed E-state index contributed by atoms with van der Waals surface area (Å²) in [5, 5.41) is 2.85. The fourth-order valence-electron chi connectivity index (χ4n) is 2.06. The second-order valence-electron chi connectivity index (χ2n) is 4.83. The largest absolute Gasteiger partial charge is 0.490 e. The quantitative estimate of drug-likeness (QED) is 0.695. The summed E-state index contributed by atoms with van der Waals surface area (Å²) < 4.78 is 8.52. The third-order valence-corrected chi connectivity index (χ3v) is 3.65. The molecule has 0 spiro atoms. The number of para-hydroxylation sites is 2. The molecule has 2 aromatic heterocycles. The summed E-state index contributed by atoms with van der Waals surface area (Å²) in [6.07, 6.45) is 7.05. The number of imidazole rings is 1. The molecule has 7 heteroatoms. The van der Waals surface area contributed by atoms with Crippen LogP contribution in [0.25, 0.3) is 0 Å². The van der Waals surface area contributed by atoms with Gasteiger partial charge in [-0.25, -0.2) is 4.98 Å². The molecule has 6 nitrogen and oxygen atoms in total. The molecule has 3 rings (SSSR count). The summed E-state index contributed by atoms with van der Waals surface area (Å²) in [5.41, 5.74) is 1.11. The predicted molar refractivity (Wildman–Crippen MR) is 90.6 cm³/mol. The summed E-state index contributed by atoms with van der Waals surface area (Å²) in [6, 6.07) is 9.07. The Bertz CT molecular complexity index is 783. The molecule has 0 aliphatic rings. The van der Waals surface area contributed by atoms with Crippen LogP contribution in [0.1, 0.15) is 10.5 Å². The number of amides is 1. The molecule has 0 atom stereocenters. The smallest absolute Gasteiger partial charge is 0.272 e. The van der Waals surface area contributed by atoms with E-state index >= 15 is 0 Å². The van der Waals surface area contributed by atoms with Gasteiger partial charge < -0.3 is 19.6 Å². The molecular formula is C16H15BrN4O2. The predicted octanol–water partition coefficient (Wildman–Crippen LogP) is 3.31. The molecule has 1 aromatic carbocycles. The standard InChI is InChI=1S/C16H15BrN4O2/c17-12-9-14(19-10-12)16(22)20-13-3-1-2-4-15(13)23-8-7-21-6-5-18-11-21/h1-6,9-11,19H,7-8H2,(H,20,22). The third kappa shape index (κ3) is 4.01. The number of carbonyl (C=O) groups is 1. The molecule has 0 saturated heterocycles. The fourth-order valence-corrected chi connectivity index (χ4v) is 2.41. The van der Waals surface area contributed by atoms with E-state index in [2.05, 4.69) is 31.2 Å². The second kappa shape index (κ2) is 7.15. The van der Waals surface area contributed by atoms with Gasteiger partial charge in [0.2, 0.25) is 0 Å². The van der Waals surface area contributed by atoms with Gasteiger partial charge in [0.1, 0.15) is 18.1 Å². The van der Waals surface area contributed by atoms with Crippen LogP contribution in [0.15, 0.2) is 59.7 Å².